The predicted octanol–water partition coefficient (Wildman–Crippen LogP) is 2.59. The van der Waals surface area contributed by atoms with Crippen LogP contribution in [0.5, 0.6) is 5.75 Å². The van der Waals surface area contributed by atoms with Crippen molar-refractivity contribution in [2.75, 3.05) is 7.11 Å². The third kappa shape index (κ3) is 1.51. The van der Waals surface area contributed by atoms with Crippen molar-refractivity contribution in [3.8, 4) is 11.4 Å². The molecule has 2 heterocycles. The molecule has 1 aromatic heterocycles. The van der Waals surface area contributed by atoms with E-state index in [9.17, 15) is 9.59 Å². The fraction of sp³-hybridized carbons (Fsp3) is 0.0625. The van der Waals surface area contributed by atoms with Gasteiger partial charge in [-0.1, -0.05) is 23.7 Å². The zero-order valence-electron chi connectivity index (χ0n) is 11.5. The minimum atomic E-state index is -0.364. The zero-order valence-corrected chi connectivity index (χ0v) is 12.2. The molecule has 0 radical (unpaired) electrons. The average Bonchev–Trinajstić information content (AvgIpc) is 2.83. The summed E-state index contributed by atoms with van der Waals surface area (Å²) in [5, 5.41) is 0.743. The molecule has 0 saturated carbocycles. The van der Waals surface area contributed by atoms with Crippen molar-refractivity contribution in [3.05, 3.63) is 63.2 Å². The van der Waals surface area contributed by atoms with E-state index in [1.165, 1.54) is 11.7 Å². The van der Waals surface area contributed by atoms with E-state index in [2.05, 4.69) is 4.98 Å². The van der Waals surface area contributed by atoms with E-state index < -0.39 is 0 Å². The normalized spacial score (nSPS) is 12.4. The number of ketones is 1. The second-order valence-corrected chi connectivity index (χ2v) is 5.30. The van der Waals surface area contributed by atoms with Gasteiger partial charge in [-0.3, -0.25) is 14.2 Å². The Morgan fingerprint density at radius 2 is 1.91 bits per heavy atom. The van der Waals surface area contributed by atoms with Crippen molar-refractivity contribution < 1.29 is 9.53 Å². The van der Waals surface area contributed by atoms with E-state index in [0.717, 1.165) is 0 Å². The first-order valence-electron chi connectivity index (χ1n) is 6.57. The maximum Gasteiger partial charge on any atom is 0.266 e. The van der Waals surface area contributed by atoms with Crippen LogP contribution in [0.1, 0.15) is 16.2 Å². The Morgan fingerprint density at radius 1 is 1.14 bits per heavy atom. The molecule has 22 heavy (non-hydrogen) atoms. The van der Waals surface area contributed by atoms with Crippen LogP contribution in [0.3, 0.4) is 0 Å². The second-order valence-electron chi connectivity index (χ2n) is 4.90. The van der Waals surface area contributed by atoms with Gasteiger partial charge in [0, 0.05) is 0 Å². The smallest absolute Gasteiger partial charge is 0.266 e. The van der Waals surface area contributed by atoms with Gasteiger partial charge in [-0.2, -0.15) is 0 Å². The molecular weight excluding hydrogens is 304 g/mol. The molecule has 0 unspecified atom stereocenters. The molecule has 1 aliphatic rings. The van der Waals surface area contributed by atoms with Gasteiger partial charge in [0.1, 0.15) is 5.75 Å². The highest BCUT2D eigenvalue weighted by Gasteiger charge is 2.35. The number of carbonyl (C=O) groups excluding carboxylic acids is 1. The second kappa shape index (κ2) is 4.42. The quantitative estimate of drug-likeness (QED) is 0.542. The lowest BCUT2D eigenvalue weighted by Crippen LogP contribution is -2.21. The standard InChI is InChI=1S/C16H9ClN2O3/c1-22-11-7-6-9(17)13-12(11)14(20)15-18-10-5-3-2-4-8(10)16(21)19(13)15/h2-7H,1H3. The van der Waals surface area contributed by atoms with E-state index in [1.807, 2.05) is 0 Å². The highest BCUT2D eigenvalue weighted by Crippen LogP contribution is 2.37. The molecule has 0 aliphatic carbocycles. The van der Waals surface area contributed by atoms with Gasteiger partial charge in [0.15, 0.2) is 5.82 Å². The Morgan fingerprint density at radius 3 is 2.68 bits per heavy atom. The number of para-hydroxylation sites is 1. The summed E-state index contributed by atoms with van der Waals surface area (Å²) in [6.07, 6.45) is 0. The fourth-order valence-electron chi connectivity index (χ4n) is 2.76. The van der Waals surface area contributed by atoms with E-state index in [0.29, 0.717) is 27.4 Å². The van der Waals surface area contributed by atoms with Crippen molar-refractivity contribution in [3.63, 3.8) is 0 Å². The van der Waals surface area contributed by atoms with Crippen LogP contribution in [0, 0.1) is 0 Å². The van der Waals surface area contributed by atoms with Crippen LogP contribution in [-0.2, 0) is 0 Å². The summed E-state index contributed by atoms with van der Waals surface area (Å²) in [7, 11) is 1.46. The van der Waals surface area contributed by atoms with Crippen LogP contribution in [0.25, 0.3) is 16.6 Å². The Labute approximate surface area is 129 Å². The van der Waals surface area contributed by atoms with Crippen molar-refractivity contribution >= 4 is 28.3 Å². The van der Waals surface area contributed by atoms with E-state index >= 15 is 0 Å². The molecular formula is C16H9ClN2O3. The summed E-state index contributed by atoms with van der Waals surface area (Å²) >= 11 is 6.22. The van der Waals surface area contributed by atoms with Gasteiger partial charge in [-0.25, -0.2) is 4.98 Å². The van der Waals surface area contributed by atoms with E-state index in [4.69, 9.17) is 16.3 Å². The minimum absolute atomic E-state index is 0.0603. The number of nitrogens with zero attached hydrogens (tertiary/aromatic N) is 2. The predicted molar refractivity (Wildman–Crippen MR) is 82.3 cm³/mol. The number of carbonyl (C=O) groups is 1. The van der Waals surface area contributed by atoms with Gasteiger partial charge < -0.3 is 4.74 Å². The number of ether oxygens (including phenoxy) is 1. The molecule has 1 aliphatic heterocycles. The summed E-state index contributed by atoms with van der Waals surface area (Å²) in [6.45, 7) is 0. The van der Waals surface area contributed by atoms with Crippen LogP contribution in [0.4, 0.5) is 0 Å². The topological polar surface area (TPSA) is 61.2 Å². The van der Waals surface area contributed by atoms with Crippen LogP contribution in [-0.4, -0.2) is 22.4 Å². The average molecular weight is 313 g/mol. The lowest BCUT2D eigenvalue weighted by molar-refractivity contribution is 0.103. The van der Waals surface area contributed by atoms with Gasteiger partial charge >= 0.3 is 0 Å². The molecule has 0 fully saturated rings. The Hall–Kier alpha value is -2.66. The Bertz CT molecular complexity index is 1020. The van der Waals surface area contributed by atoms with Gasteiger partial charge in [0.25, 0.3) is 5.56 Å². The van der Waals surface area contributed by atoms with E-state index in [-0.39, 0.29) is 22.7 Å². The first-order valence-corrected chi connectivity index (χ1v) is 6.94. The summed E-state index contributed by atoms with van der Waals surface area (Å²) < 4.78 is 6.50. The summed E-state index contributed by atoms with van der Waals surface area (Å²) in [5.41, 5.74) is 0.775. The molecule has 0 spiro atoms. The Balaban J connectivity index is 2.22. The third-order valence-corrected chi connectivity index (χ3v) is 4.04. The summed E-state index contributed by atoms with van der Waals surface area (Å²) in [4.78, 5) is 29.7. The zero-order chi connectivity index (χ0) is 15.4. The molecule has 0 atom stereocenters. The summed E-state index contributed by atoms with van der Waals surface area (Å²) in [5.74, 6) is 0.0701. The van der Waals surface area contributed by atoms with Gasteiger partial charge in [-0.15, -0.1) is 0 Å². The number of aromatic nitrogens is 2. The van der Waals surface area contributed by atoms with Crippen molar-refractivity contribution in [1.29, 1.82) is 0 Å². The highest BCUT2D eigenvalue weighted by atomic mass is 35.5. The van der Waals surface area contributed by atoms with Crippen LogP contribution in [0.2, 0.25) is 5.02 Å². The largest absolute Gasteiger partial charge is 0.496 e. The maximum absolute atomic E-state index is 12.8. The van der Waals surface area contributed by atoms with Crippen LogP contribution >= 0.6 is 11.6 Å². The van der Waals surface area contributed by atoms with Crippen molar-refractivity contribution in [2.45, 2.75) is 0 Å². The lowest BCUT2D eigenvalue weighted by atomic mass is 10.1. The molecule has 4 rings (SSSR count). The molecule has 6 heteroatoms. The summed E-state index contributed by atoms with van der Waals surface area (Å²) in [6, 6.07) is 10.1. The SMILES string of the molecule is COc1ccc(Cl)c2c1C(=O)c1nc3ccccc3c(=O)n1-2. The lowest BCUT2D eigenvalue weighted by Gasteiger charge is -2.08. The maximum atomic E-state index is 12.8. The molecule has 108 valence electrons. The fourth-order valence-corrected chi connectivity index (χ4v) is 3.00. The first-order chi connectivity index (χ1) is 10.6. The number of benzene rings is 2. The molecule has 0 saturated heterocycles. The molecule has 0 amide bonds. The number of halogens is 1. The van der Waals surface area contributed by atoms with Crippen LogP contribution in [0.15, 0.2) is 41.2 Å². The van der Waals surface area contributed by atoms with Crippen LogP contribution < -0.4 is 10.3 Å². The van der Waals surface area contributed by atoms with Gasteiger partial charge in [0.2, 0.25) is 5.78 Å². The third-order valence-electron chi connectivity index (χ3n) is 3.74. The highest BCUT2D eigenvalue weighted by molar-refractivity contribution is 6.34. The Kier molecular flexibility index (Phi) is 2.62. The minimum Gasteiger partial charge on any atom is -0.496 e. The number of methoxy groups -OCH3 is 1. The molecule has 2 aromatic carbocycles. The molecule has 5 nitrogen and oxygen atoms in total. The monoisotopic (exact) mass is 312 g/mol. The van der Waals surface area contributed by atoms with E-state index in [1.54, 1.807) is 36.4 Å². The number of hydrogen-bond acceptors (Lipinski definition) is 4. The molecule has 0 bridgehead atoms. The molecule has 0 N–H and O–H groups in total. The molecule has 3 aromatic rings. The van der Waals surface area contributed by atoms with Gasteiger partial charge in [-0.05, 0) is 24.3 Å². The number of hydrogen-bond donors (Lipinski definition) is 0. The number of rotatable bonds is 1. The van der Waals surface area contributed by atoms with Gasteiger partial charge in [0.05, 0.1) is 34.3 Å². The van der Waals surface area contributed by atoms with Crippen molar-refractivity contribution in [2.24, 2.45) is 0 Å². The first kappa shape index (κ1) is 13.0. The number of fused-ring (bicyclic) bond motifs is 4. The van der Waals surface area contributed by atoms with Crippen molar-refractivity contribution in [1.82, 2.24) is 9.55 Å².